The van der Waals surface area contributed by atoms with E-state index in [1.54, 1.807) is 0 Å². The lowest BCUT2D eigenvalue weighted by molar-refractivity contribution is -0.124. The van der Waals surface area contributed by atoms with Crippen molar-refractivity contribution in [3.63, 3.8) is 0 Å². The van der Waals surface area contributed by atoms with Gasteiger partial charge in [0, 0.05) is 19.6 Å². The van der Waals surface area contributed by atoms with E-state index < -0.39 is 5.60 Å². The van der Waals surface area contributed by atoms with E-state index in [0.29, 0.717) is 13.1 Å². The van der Waals surface area contributed by atoms with Gasteiger partial charge in [-0.3, -0.25) is 9.69 Å². The third-order valence-electron chi connectivity index (χ3n) is 3.70. The van der Waals surface area contributed by atoms with Gasteiger partial charge in [0.1, 0.15) is 0 Å². The van der Waals surface area contributed by atoms with Gasteiger partial charge in [-0.15, -0.1) is 0 Å². The molecule has 0 aromatic rings. The molecule has 98 valence electrons. The van der Waals surface area contributed by atoms with Crippen LogP contribution in [-0.2, 0) is 4.79 Å². The van der Waals surface area contributed by atoms with Crippen LogP contribution in [0.15, 0.2) is 0 Å². The number of carbonyl (C=O) groups excluding carboxylic acids is 1. The van der Waals surface area contributed by atoms with E-state index in [9.17, 15) is 9.90 Å². The molecule has 5 heteroatoms. The fourth-order valence-electron chi connectivity index (χ4n) is 2.34. The lowest BCUT2D eigenvalue weighted by Crippen LogP contribution is -2.49. The van der Waals surface area contributed by atoms with Crippen molar-refractivity contribution in [2.75, 3.05) is 39.3 Å². The minimum atomic E-state index is -0.615. The Bertz CT molecular complexity index is 258. The van der Waals surface area contributed by atoms with Crippen molar-refractivity contribution in [2.45, 2.75) is 31.3 Å². The van der Waals surface area contributed by atoms with Crippen LogP contribution in [0.3, 0.4) is 0 Å². The van der Waals surface area contributed by atoms with Crippen LogP contribution < -0.4 is 10.6 Å². The Hall–Kier alpha value is -0.650. The predicted molar refractivity (Wildman–Crippen MR) is 65.7 cm³/mol. The lowest BCUT2D eigenvalue weighted by atomic mass is 9.80. The maximum Gasteiger partial charge on any atom is 0.234 e. The molecule has 0 aromatic heterocycles. The molecule has 1 heterocycles. The Kier molecular flexibility index (Phi) is 4.36. The summed E-state index contributed by atoms with van der Waals surface area (Å²) in [5.74, 6) is 0.0345. The van der Waals surface area contributed by atoms with Crippen LogP contribution in [-0.4, -0.2) is 60.8 Å². The molecule has 0 bridgehead atoms. The van der Waals surface area contributed by atoms with E-state index in [-0.39, 0.29) is 5.91 Å². The molecule has 1 aliphatic heterocycles. The van der Waals surface area contributed by atoms with Gasteiger partial charge in [-0.1, -0.05) is 0 Å². The van der Waals surface area contributed by atoms with Crippen molar-refractivity contribution in [3.05, 3.63) is 0 Å². The fraction of sp³-hybridized carbons (Fsp3) is 0.917. The summed E-state index contributed by atoms with van der Waals surface area (Å²) in [6.07, 6.45) is 3.81. The summed E-state index contributed by atoms with van der Waals surface area (Å²) in [6.45, 7) is 4.77. The highest BCUT2D eigenvalue weighted by Gasteiger charge is 2.34. The second-order valence-electron chi connectivity index (χ2n) is 5.23. The van der Waals surface area contributed by atoms with Crippen LogP contribution in [0.1, 0.15) is 25.7 Å². The number of amides is 1. The van der Waals surface area contributed by atoms with E-state index in [4.69, 9.17) is 0 Å². The van der Waals surface area contributed by atoms with Gasteiger partial charge in [0.25, 0.3) is 0 Å². The first-order chi connectivity index (χ1) is 8.18. The quantitative estimate of drug-likeness (QED) is 0.610. The van der Waals surface area contributed by atoms with Crippen molar-refractivity contribution < 1.29 is 9.90 Å². The molecule has 1 amide bonds. The highest BCUT2D eigenvalue weighted by Crippen LogP contribution is 2.30. The van der Waals surface area contributed by atoms with Crippen LogP contribution >= 0.6 is 0 Å². The van der Waals surface area contributed by atoms with Gasteiger partial charge in [-0.05, 0) is 38.8 Å². The summed E-state index contributed by atoms with van der Waals surface area (Å²) in [5.41, 5.74) is -0.615. The van der Waals surface area contributed by atoms with E-state index in [1.807, 2.05) is 0 Å². The summed E-state index contributed by atoms with van der Waals surface area (Å²) >= 11 is 0. The number of nitrogens with one attached hydrogen (secondary N) is 2. The minimum Gasteiger partial charge on any atom is -0.388 e. The summed E-state index contributed by atoms with van der Waals surface area (Å²) in [4.78, 5) is 13.9. The molecule has 2 rings (SSSR count). The first-order valence-corrected chi connectivity index (χ1v) is 6.60. The SMILES string of the molecule is O=C(CN1CCCNCC1)NCC1(O)CCC1. The van der Waals surface area contributed by atoms with E-state index in [2.05, 4.69) is 15.5 Å². The number of carbonyl (C=O) groups is 1. The Morgan fingerprint density at radius 3 is 2.82 bits per heavy atom. The Balaban J connectivity index is 1.65. The predicted octanol–water partition coefficient (Wildman–Crippen LogP) is -0.687. The van der Waals surface area contributed by atoms with Gasteiger partial charge in [0.05, 0.1) is 12.1 Å². The zero-order chi connectivity index (χ0) is 12.1. The van der Waals surface area contributed by atoms with Crippen molar-refractivity contribution in [2.24, 2.45) is 0 Å². The normalized spacial score (nSPS) is 24.8. The average molecular weight is 241 g/mol. The molecular formula is C12H23N3O2. The van der Waals surface area contributed by atoms with E-state index in [0.717, 1.165) is 51.9 Å². The van der Waals surface area contributed by atoms with Gasteiger partial charge in [-0.25, -0.2) is 0 Å². The summed E-state index contributed by atoms with van der Waals surface area (Å²) in [7, 11) is 0. The van der Waals surface area contributed by atoms with Crippen LogP contribution in [0.2, 0.25) is 0 Å². The molecule has 0 aromatic carbocycles. The largest absolute Gasteiger partial charge is 0.388 e. The molecule has 17 heavy (non-hydrogen) atoms. The maximum absolute atomic E-state index is 11.7. The number of nitrogens with zero attached hydrogens (tertiary/aromatic N) is 1. The van der Waals surface area contributed by atoms with Crippen LogP contribution in [0.5, 0.6) is 0 Å². The molecule has 1 saturated carbocycles. The lowest BCUT2D eigenvalue weighted by Gasteiger charge is -2.36. The Morgan fingerprint density at radius 2 is 2.12 bits per heavy atom. The summed E-state index contributed by atoms with van der Waals surface area (Å²) in [5, 5.41) is 16.0. The molecule has 5 nitrogen and oxygen atoms in total. The molecule has 1 saturated heterocycles. The molecule has 0 spiro atoms. The van der Waals surface area contributed by atoms with Crippen molar-refractivity contribution >= 4 is 5.91 Å². The molecule has 2 aliphatic rings. The monoisotopic (exact) mass is 241 g/mol. The first-order valence-electron chi connectivity index (χ1n) is 6.60. The van der Waals surface area contributed by atoms with Crippen molar-refractivity contribution in [3.8, 4) is 0 Å². The second kappa shape index (κ2) is 5.80. The molecule has 0 atom stereocenters. The maximum atomic E-state index is 11.7. The molecular weight excluding hydrogens is 218 g/mol. The first kappa shape index (κ1) is 12.8. The fourth-order valence-corrected chi connectivity index (χ4v) is 2.34. The van der Waals surface area contributed by atoms with E-state index >= 15 is 0 Å². The number of aliphatic hydroxyl groups is 1. The number of rotatable bonds is 4. The van der Waals surface area contributed by atoms with Gasteiger partial charge in [-0.2, -0.15) is 0 Å². The van der Waals surface area contributed by atoms with Gasteiger partial charge >= 0.3 is 0 Å². The zero-order valence-electron chi connectivity index (χ0n) is 10.4. The zero-order valence-corrected chi connectivity index (χ0v) is 10.4. The number of hydrogen-bond donors (Lipinski definition) is 3. The third-order valence-corrected chi connectivity index (χ3v) is 3.70. The molecule has 0 radical (unpaired) electrons. The van der Waals surface area contributed by atoms with Crippen LogP contribution in [0.4, 0.5) is 0 Å². The number of hydrogen-bond acceptors (Lipinski definition) is 4. The third kappa shape index (κ3) is 3.94. The van der Waals surface area contributed by atoms with E-state index in [1.165, 1.54) is 0 Å². The topological polar surface area (TPSA) is 64.6 Å². The summed E-state index contributed by atoms with van der Waals surface area (Å²) < 4.78 is 0. The average Bonchev–Trinajstić information content (AvgIpc) is 2.52. The van der Waals surface area contributed by atoms with Crippen molar-refractivity contribution in [1.82, 2.24) is 15.5 Å². The molecule has 1 aliphatic carbocycles. The molecule has 0 unspecified atom stereocenters. The molecule has 3 N–H and O–H groups in total. The highest BCUT2D eigenvalue weighted by molar-refractivity contribution is 5.78. The van der Waals surface area contributed by atoms with Gasteiger partial charge in [0.15, 0.2) is 0 Å². The summed E-state index contributed by atoms with van der Waals surface area (Å²) in [6, 6.07) is 0. The van der Waals surface area contributed by atoms with Crippen LogP contribution in [0.25, 0.3) is 0 Å². The Labute approximate surface area is 103 Å². The van der Waals surface area contributed by atoms with Crippen LogP contribution in [0, 0.1) is 0 Å². The highest BCUT2D eigenvalue weighted by atomic mass is 16.3. The molecule has 2 fully saturated rings. The van der Waals surface area contributed by atoms with Crippen molar-refractivity contribution in [1.29, 1.82) is 0 Å². The minimum absolute atomic E-state index is 0.0345. The standard InChI is InChI=1S/C12H23N3O2/c16-11(14-10-12(17)3-1-4-12)9-15-7-2-5-13-6-8-15/h13,17H,1-10H2,(H,14,16). The van der Waals surface area contributed by atoms with Gasteiger partial charge in [0.2, 0.25) is 5.91 Å². The second-order valence-corrected chi connectivity index (χ2v) is 5.23. The smallest absolute Gasteiger partial charge is 0.234 e. The Morgan fingerprint density at radius 1 is 1.29 bits per heavy atom. The van der Waals surface area contributed by atoms with Gasteiger partial charge < -0.3 is 15.7 Å².